The Morgan fingerprint density at radius 1 is 1.08 bits per heavy atom. The van der Waals surface area contributed by atoms with Crippen molar-refractivity contribution in [1.29, 1.82) is 0 Å². The first kappa shape index (κ1) is 8.57. The molecule has 0 bridgehead atoms. The van der Waals surface area contributed by atoms with E-state index >= 15 is 0 Å². The number of hydrogen-bond acceptors (Lipinski definition) is 1. The number of hydrogen-bond donors (Lipinski definition) is 0. The topological polar surface area (TPSA) is 9.23 Å². The standard InChI is InChI=1S/C11H14OSi/c1-13(2,3)12-11-8-9-6-4-5-7-10(9)11/h4-8H,1-3H3. The fraction of sp³-hybridized carbons (Fsp3) is 0.273. The summed E-state index contributed by atoms with van der Waals surface area (Å²) in [5, 5.41) is 2.57. The molecule has 0 saturated heterocycles. The van der Waals surface area contributed by atoms with Gasteiger partial charge in [0.15, 0.2) is 0 Å². The Morgan fingerprint density at radius 3 is 2.38 bits per heavy atom. The lowest BCUT2D eigenvalue weighted by Crippen LogP contribution is -2.38. The van der Waals surface area contributed by atoms with Crippen LogP contribution in [0.4, 0.5) is 0 Å². The zero-order chi connectivity index (χ0) is 9.47. The van der Waals surface area contributed by atoms with Crippen LogP contribution >= 0.6 is 0 Å². The molecule has 2 rings (SSSR count). The molecule has 0 fully saturated rings. The normalized spacial score (nSPS) is 14.2. The fourth-order valence-electron chi connectivity index (χ4n) is 1.40. The second kappa shape index (κ2) is 2.74. The predicted molar refractivity (Wildman–Crippen MR) is 58.0 cm³/mol. The Hall–Kier alpha value is -1.02. The van der Waals surface area contributed by atoms with E-state index in [4.69, 9.17) is 4.43 Å². The van der Waals surface area contributed by atoms with E-state index in [9.17, 15) is 0 Å². The first-order valence-electron chi connectivity index (χ1n) is 4.56. The van der Waals surface area contributed by atoms with Crippen LogP contribution in [0.5, 0.6) is 0 Å². The lowest BCUT2D eigenvalue weighted by atomic mass is 10.1. The van der Waals surface area contributed by atoms with Crippen molar-refractivity contribution in [2.75, 3.05) is 0 Å². The van der Waals surface area contributed by atoms with E-state index < -0.39 is 8.32 Å². The van der Waals surface area contributed by atoms with Gasteiger partial charge >= 0.3 is 0 Å². The molecule has 68 valence electrons. The maximum Gasteiger partial charge on any atom is 0.242 e. The van der Waals surface area contributed by atoms with Crippen LogP contribution in [0.25, 0.3) is 11.8 Å². The SMILES string of the molecule is C[Si](C)(C)OC1=c2ccccc2=C1. The van der Waals surface area contributed by atoms with Crippen molar-refractivity contribution in [2.24, 2.45) is 0 Å². The number of rotatable bonds is 2. The highest BCUT2D eigenvalue weighted by Crippen LogP contribution is 2.12. The molecule has 0 spiro atoms. The summed E-state index contributed by atoms with van der Waals surface area (Å²) in [4.78, 5) is 0. The molecule has 1 aliphatic rings. The number of benzene rings is 1. The van der Waals surface area contributed by atoms with Gasteiger partial charge < -0.3 is 4.43 Å². The predicted octanol–water partition coefficient (Wildman–Crippen LogP) is 1.44. The van der Waals surface area contributed by atoms with E-state index in [-0.39, 0.29) is 0 Å². The molecule has 0 aromatic heterocycles. The van der Waals surface area contributed by atoms with E-state index in [2.05, 4.69) is 50.0 Å². The van der Waals surface area contributed by atoms with Gasteiger partial charge in [0.2, 0.25) is 8.32 Å². The molecule has 1 nitrogen and oxygen atoms in total. The van der Waals surface area contributed by atoms with Crippen molar-refractivity contribution in [3.05, 3.63) is 34.7 Å². The molecule has 1 aromatic rings. The molecule has 0 amide bonds. The van der Waals surface area contributed by atoms with Crippen LogP contribution < -0.4 is 10.4 Å². The molecule has 1 aliphatic carbocycles. The van der Waals surface area contributed by atoms with Crippen LogP contribution in [0.3, 0.4) is 0 Å². The van der Waals surface area contributed by atoms with Gasteiger partial charge in [-0.15, -0.1) is 0 Å². The average Bonchev–Trinajstić information content (AvgIpc) is 1.99. The third-order valence-electron chi connectivity index (χ3n) is 1.93. The lowest BCUT2D eigenvalue weighted by molar-refractivity contribution is 0.516. The summed E-state index contributed by atoms with van der Waals surface area (Å²) in [6.45, 7) is 6.61. The van der Waals surface area contributed by atoms with E-state index in [0.717, 1.165) is 5.76 Å². The van der Waals surface area contributed by atoms with Gasteiger partial charge in [-0.1, -0.05) is 24.3 Å². The van der Waals surface area contributed by atoms with Crippen LogP contribution in [-0.4, -0.2) is 8.32 Å². The molecule has 0 radical (unpaired) electrons. The van der Waals surface area contributed by atoms with Crippen molar-refractivity contribution in [1.82, 2.24) is 0 Å². The zero-order valence-corrected chi connectivity index (χ0v) is 9.29. The van der Waals surface area contributed by atoms with Crippen molar-refractivity contribution >= 4 is 20.2 Å². The minimum Gasteiger partial charge on any atom is -0.544 e. The van der Waals surface area contributed by atoms with Gasteiger partial charge in [0.25, 0.3) is 0 Å². The Morgan fingerprint density at radius 2 is 1.77 bits per heavy atom. The first-order valence-corrected chi connectivity index (χ1v) is 7.97. The van der Waals surface area contributed by atoms with Gasteiger partial charge in [0, 0.05) is 5.22 Å². The third-order valence-corrected chi connectivity index (χ3v) is 2.76. The van der Waals surface area contributed by atoms with Crippen LogP contribution in [-0.2, 0) is 4.43 Å². The summed E-state index contributed by atoms with van der Waals surface area (Å²) < 4.78 is 5.90. The maximum absolute atomic E-state index is 5.90. The smallest absolute Gasteiger partial charge is 0.242 e. The summed E-state index contributed by atoms with van der Waals surface area (Å²) in [7, 11) is -1.43. The molecule has 13 heavy (non-hydrogen) atoms. The van der Waals surface area contributed by atoms with Gasteiger partial charge in [-0.05, 0) is 30.9 Å². The average molecular weight is 190 g/mol. The highest BCUT2D eigenvalue weighted by atomic mass is 28.4. The zero-order valence-electron chi connectivity index (χ0n) is 8.29. The summed E-state index contributed by atoms with van der Waals surface area (Å²) in [5.41, 5.74) is 0. The van der Waals surface area contributed by atoms with Crippen molar-refractivity contribution in [3.8, 4) is 0 Å². The van der Waals surface area contributed by atoms with E-state index in [1.54, 1.807) is 0 Å². The Labute approximate surface area is 79.5 Å². The van der Waals surface area contributed by atoms with Crippen molar-refractivity contribution in [2.45, 2.75) is 19.6 Å². The monoisotopic (exact) mass is 190 g/mol. The summed E-state index contributed by atoms with van der Waals surface area (Å²) >= 11 is 0. The molecule has 0 N–H and O–H groups in total. The quantitative estimate of drug-likeness (QED) is 0.641. The molecular formula is C11H14OSi. The molecule has 1 aromatic carbocycles. The minimum absolute atomic E-state index is 1.08. The van der Waals surface area contributed by atoms with Gasteiger partial charge in [0.05, 0.1) is 0 Å². The minimum atomic E-state index is -1.43. The maximum atomic E-state index is 5.90. The third kappa shape index (κ3) is 1.68. The van der Waals surface area contributed by atoms with Gasteiger partial charge in [-0.3, -0.25) is 0 Å². The summed E-state index contributed by atoms with van der Waals surface area (Å²) in [5.74, 6) is 1.08. The second-order valence-corrected chi connectivity index (χ2v) is 8.74. The van der Waals surface area contributed by atoms with Crippen LogP contribution in [0, 0.1) is 0 Å². The highest BCUT2D eigenvalue weighted by molar-refractivity contribution is 6.70. The molecule has 0 unspecified atom stereocenters. The number of fused-ring (bicyclic) bond motifs is 1. The van der Waals surface area contributed by atoms with E-state index in [1.807, 2.05) is 0 Å². The van der Waals surface area contributed by atoms with Crippen LogP contribution in [0.2, 0.25) is 19.6 Å². The van der Waals surface area contributed by atoms with Crippen LogP contribution in [0.15, 0.2) is 24.3 Å². The largest absolute Gasteiger partial charge is 0.544 e. The van der Waals surface area contributed by atoms with Gasteiger partial charge in [-0.2, -0.15) is 0 Å². The second-order valence-electron chi connectivity index (χ2n) is 4.31. The van der Waals surface area contributed by atoms with E-state index in [0.29, 0.717) is 0 Å². The summed E-state index contributed by atoms with van der Waals surface area (Å²) in [6.07, 6.45) is 2.12. The van der Waals surface area contributed by atoms with Crippen LogP contribution in [0.1, 0.15) is 0 Å². The fourth-order valence-corrected chi connectivity index (χ4v) is 2.23. The first-order chi connectivity index (χ1) is 6.06. The van der Waals surface area contributed by atoms with Crippen molar-refractivity contribution < 1.29 is 4.43 Å². The molecule has 0 saturated carbocycles. The summed E-state index contributed by atoms with van der Waals surface area (Å²) in [6, 6.07) is 8.34. The molecule has 0 heterocycles. The van der Waals surface area contributed by atoms with Gasteiger partial charge in [-0.25, -0.2) is 0 Å². The molecule has 0 aliphatic heterocycles. The molecular weight excluding hydrogens is 176 g/mol. The Balaban J connectivity index is 2.35. The Bertz CT molecular complexity index is 440. The van der Waals surface area contributed by atoms with Gasteiger partial charge in [0.1, 0.15) is 5.76 Å². The Kier molecular flexibility index (Phi) is 1.80. The van der Waals surface area contributed by atoms with Crippen molar-refractivity contribution in [3.63, 3.8) is 0 Å². The highest BCUT2D eigenvalue weighted by Gasteiger charge is 2.19. The molecule has 0 atom stereocenters. The molecule has 2 heteroatoms. The lowest BCUT2D eigenvalue weighted by Gasteiger charge is -2.22. The van der Waals surface area contributed by atoms with E-state index in [1.165, 1.54) is 10.4 Å².